The first-order valence-electron chi connectivity index (χ1n) is 9.95. The number of aryl methyl sites for hydroxylation is 1. The van der Waals surface area contributed by atoms with E-state index in [-0.39, 0.29) is 0 Å². The Bertz CT molecular complexity index is 899. The molecule has 1 saturated heterocycles. The smallest absolute Gasteiger partial charge is 0.383 e. The quantitative estimate of drug-likeness (QED) is 0.422. The van der Waals surface area contributed by atoms with Crippen molar-refractivity contribution in [3.63, 3.8) is 0 Å². The highest BCUT2D eigenvalue weighted by molar-refractivity contribution is 5.80. The van der Waals surface area contributed by atoms with E-state index in [9.17, 15) is 13.2 Å². The number of hydrogen-bond donors (Lipinski definition) is 1. The van der Waals surface area contributed by atoms with Gasteiger partial charge in [0.25, 0.3) is 0 Å². The number of nitrogens with one attached hydrogen (secondary N) is 1. The number of benzene rings is 1. The van der Waals surface area contributed by atoms with Crippen LogP contribution in [0.25, 0.3) is 0 Å². The summed E-state index contributed by atoms with van der Waals surface area (Å²) in [4.78, 5) is 6.65. The van der Waals surface area contributed by atoms with Crippen molar-refractivity contribution >= 4 is 5.96 Å². The minimum Gasteiger partial charge on any atom is -0.383 e. The Hall–Kier alpha value is -2.66. The average Bonchev–Trinajstić information content (AvgIpc) is 3.08. The summed E-state index contributed by atoms with van der Waals surface area (Å²) in [5, 5.41) is 11.4. The molecule has 0 spiro atoms. The van der Waals surface area contributed by atoms with Crippen LogP contribution in [0.2, 0.25) is 0 Å². The molecule has 1 unspecified atom stereocenters. The normalized spacial score (nSPS) is 17.8. The zero-order chi connectivity index (χ0) is 22.4. The maximum Gasteiger partial charge on any atom is 0.416 e. The molecule has 2 aromatic rings. The van der Waals surface area contributed by atoms with Crippen LogP contribution in [-0.2, 0) is 29.2 Å². The molecule has 2 heterocycles. The molecule has 8 nitrogen and oxygen atoms in total. The molecule has 1 aromatic heterocycles. The van der Waals surface area contributed by atoms with Gasteiger partial charge in [-0.2, -0.15) is 13.2 Å². The highest BCUT2D eigenvalue weighted by Gasteiger charge is 2.32. The second-order valence-electron chi connectivity index (χ2n) is 7.21. The van der Waals surface area contributed by atoms with Gasteiger partial charge >= 0.3 is 6.18 Å². The van der Waals surface area contributed by atoms with Crippen LogP contribution in [0.1, 0.15) is 28.9 Å². The van der Waals surface area contributed by atoms with Gasteiger partial charge in [0.2, 0.25) is 0 Å². The Balaban J connectivity index is 1.77. The van der Waals surface area contributed by atoms with Gasteiger partial charge in [-0.3, -0.25) is 0 Å². The molecule has 1 atom stereocenters. The van der Waals surface area contributed by atoms with Gasteiger partial charge < -0.3 is 24.3 Å². The second kappa shape index (κ2) is 10.1. The third-order valence-corrected chi connectivity index (χ3v) is 5.09. The van der Waals surface area contributed by atoms with Crippen molar-refractivity contribution in [2.75, 3.05) is 40.0 Å². The highest BCUT2D eigenvalue weighted by atomic mass is 19.4. The number of ether oxygens (including phenoxy) is 2. The van der Waals surface area contributed by atoms with E-state index in [0.717, 1.165) is 18.0 Å². The van der Waals surface area contributed by atoms with Gasteiger partial charge in [0.15, 0.2) is 11.8 Å². The Morgan fingerprint density at radius 2 is 2.16 bits per heavy atom. The van der Waals surface area contributed by atoms with E-state index in [0.29, 0.717) is 56.7 Å². The molecular weight excluding hydrogens is 413 g/mol. The van der Waals surface area contributed by atoms with Crippen LogP contribution in [-0.4, -0.2) is 65.6 Å². The van der Waals surface area contributed by atoms with Crippen LogP contribution in [0.4, 0.5) is 13.2 Å². The van der Waals surface area contributed by atoms with Crippen LogP contribution in [0.5, 0.6) is 0 Å². The van der Waals surface area contributed by atoms with E-state index < -0.39 is 17.8 Å². The van der Waals surface area contributed by atoms with Crippen molar-refractivity contribution in [1.82, 2.24) is 25.0 Å². The van der Waals surface area contributed by atoms with Gasteiger partial charge in [0, 0.05) is 27.2 Å². The lowest BCUT2D eigenvalue weighted by Crippen LogP contribution is -2.49. The molecule has 31 heavy (non-hydrogen) atoms. The molecule has 1 aromatic carbocycles. The SMILES string of the molecule is COCCNC(=NCc1nnc(C)n1C)N1CCOC(c2cccc(C(F)(F)F)c2)C1. The number of aliphatic imine (C=N–C) groups is 1. The van der Waals surface area contributed by atoms with Crippen molar-refractivity contribution in [2.24, 2.45) is 12.0 Å². The average molecular weight is 440 g/mol. The summed E-state index contributed by atoms with van der Waals surface area (Å²) >= 11 is 0. The van der Waals surface area contributed by atoms with Crippen LogP contribution in [0.15, 0.2) is 29.3 Å². The van der Waals surface area contributed by atoms with Gasteiger partial charge in [0.1, 0.15) is 18.5 Å². The number of morpholine rings is 1. The maximum absolute atomic E-state index is 13.1. The maximum atomic E-state index is 13.1. The zero-order valence-corrected chi connectivity index (χ0v) is 17.8. The first kappa shape index (κ1) is 23.0. The molecule has 0 radical (unpaired) electrons. The molecule has 0 saturated carbocycles. The highest BCUT2D eigenvalue weighted by Crippen LogP contribution is 2.32. The zero-order valence-electron chi connectivity index (χ0n) is 17.8. The number of hydrogen-bond acceptors (Lipinski definition) is 5. The minimum atomic E-state index is -4.40. The van der Waals surface area contributed by atoms with Crippen molar-refractivity contribution < 1.29 is 22.6 Å². The third kappa shape index (κ3) is 5.95. The van der Waals surface area contributed by atoms with Crippen LogP contribution in [0, 0.1) is 6.92 Å². The molecule has 0 aliphatic carbocycles. The fourth-order valence-corrected chi connectivity index (χ4v) is 3.23. The van der Waals surface area contributed by atoms with Crippen LogP contribution in [0.3, 0.4) is 0 Å². The van der Waals surface area contributed by atoms with Gasteiger partial charge in [-0.1, -0.05) is 12.1 Å². The summed E-state index contributed by atoms with van der Waals surface area (Å²) in [6.45, 7) is 4.51. The number of nitrogens with zero attached hydrogens (tertiary/aromatic N) is 5. The number of alkyl halides is 3. The van der Waals surface area contributed by atoms with E-state index in [1.165, 1.54) is 6.07 Å². The Morgan fingerprint density at radius 1 is 1.35 bits per heavy atom. The Morgan fingerprint density at radius 3 is 2.84 bits per heavy atom. The lowest BCUT2D eigenvalue weighted by atomic mass is 10.0. The van der Waals surface area contributed by atoms with Crippen molar-refractivity contribution in [2.45, 2.75) is 25.7 Å². The predicted molar refractivity (Wildman–Crippen MR) is 108 cm³/mol. The first-order valence-corrected chi connectivity index (χ1v) is 9.95. The van der Waals surface area contributed by atoms with Crippen molar-refractivity contribution in [3.05, 3.63) is 47.0 Å². The summed E-state index contributed by atoms with van der Waals surface area (Å²) in [6.07, 6.45) is -4.89. The molecule has 11 heteroatoms. The summed E-state index contributed by atoms with van der Waals surface area (Å²) in [5.74, 6) is 2.12. The van der Waals surface area contributed by atoms with Crippen LogP contribution < -0.4 is 5.32 Å². The monoisotopic (exact) mass is 440 g/mol. The standard InChI is InChI=1S/C20H27F3N6O2/c1-14-26-27-18(28(14)2)12-25-19(24-7-9-30-3)29-8-10-31-17(13-29)15-5-4-6-16(11-15)20(21,22)23/h4-6,11,17H,7-10,12-13H2,1-3H3,(H,24,25). The number of guanidine groups is 1. The fourth-order valence-electron chi connectivity index (χ4n) is 3.23. The van der Waals surface area contributed by atoms with Crippen LogP contribution >= 0.6 is 0 Å². The number of aromatic nitrogens is 3. The molecule has 170 valence electrons. The Labute approximate surface area is 179 Å². The largest absolute Gasteiger partial charge is 0.416 e. The molecule has 3 rings (SSSR count). The number of rotatable bonds is 6. The summed E-state index contributed by atoms with van der Waals surface area (Å²) in [7, 11) is 3.48. The van der Waals surface area contributed by atoms with Gasteiger partial charge in [-0.25, -0.2) is 4.99 Å². The van der Waals surface area contributed by atoms with Gasteiger partial charge in [0.05, 0.1) is 25.3 Å². The van der Waals surface area contributed by atoms with E-state index >= 15 is 0 Å². The molecule has 0 amide bonds. The van der Waals surface area contributed by atoms with E-state index in [1.807, 2.05) is 23.4 Å². The molecular formula is C20H27F3N6O2. The summed E-state index contributed by atoms with van der Waals surface area (Å²) in [6, 6.07) is 5.27. The van der Waals surface area contributed by atoms with E-state index in [1.54, 1.807) is 13.2 Å². The summed E-state index contributed by atoms with van der Waals surface area (Å²) in [5.41, 5.74) is -0.199. The second-order valence-corrected chi connectivity index (χ2v) is 7.21. The minimum absolute atomic E-state index is 0.318. The van der Waals surface area contributed by atoms with Crippen molar-refractivity contribution in [3.8, 4) is 0 Å². The van der Waals surface area contributed by atoms with E-state index in [2.05, 4.69) is 20.5 Å². The molecule has 1 aliphatic heterocycles. The number of halogens is 3. The fraction of sp³-hybridized carbons (Fsp3) is 0.550. The Kier molecular flexibility index (Phi) is 7.50. The first-order chi connectivity index (χ1) is 14.8. The lowest BCUT2D eigenvalue weighted by Gasteiger charge is -2.35. The summed E-state index contributed by atoms with van der Waals surface area (Å²) < 4.78 is 52.1. The molecule has 1 N–H and O–H groups in total. The third-order valence-electron chi connectivity index (χ3n) is 5.09. The topological polar surface area (TPSA) is 76.8 Å². The molecule has 1 fully saturated rings. The lowest BCUT2D eigenvalue weighted by molar-refractivity contribution is -0.137. The van der Waals surface area contributed by atoms with E-state index in [4.69, 9.17) is 9.47 Å². The van der Waals surface area contributed by atoms with Gasteiger partial charge in [-0.15, -0.1) is 10.2 Å². The molecule has 1 aliphatic rings. The van der Waals surface area contributed by atoms with Gasteiger partial charge in [-0.05, 0) is 24.6 Å². The predicted octanol–water partition coefficient (Wildman–Crippen LogP) is 2.31. The number of methoxy groups -OCH3 is 1. The molecule has 0 bridgehead atoms. The van der Waals surface area contributed by atoms with Crippen molar-refractivity contribution in [1.29, 1.82) is 0 Å².